The number of carbonyl (C=O) groups is 1. The van der Waals surface area contributed by atoms with E-state index in [0.29, 0.717) is 19.1 Å². The van der Waals surface area contributed by atoms with Gasteiger partial charge in [0.05, 0.1) is 6.54 Å². The highest BCUT2D eigenvalue weighted by Gasteiger charge is 2.27. The van der Waals surface area contributed by atoms with E-state index in [1.54, 1.807) is 0 Å². The average Bonchev–Trinajstić information content (AvgIpc) is 3.20. The van der Waals surface area contributed by atoms with Gasteiger partial charge < -0.3 is 15.4 Å². The second kappa shape index (κ2) is 9.92. The van der Waals surface area contributed by atoms with Crippen molar-refractivity contribution in [3.8, 4) is 5.75 Å². The molecule has 1 aromatic carbocycles. The molecule has 5 nitrogen and oxygen atoms in total. The molecular weight excluding hydrogens is 334 g/mol. The maximum atomic E-state index is 11.9. The molecule has 2 fully saturated rings. The van der Waals surface area contributed by atoms with Gasteiger partial charge in [0.2, 0.25) is 0 Å². The Hall–Kier alpha value is -1.40. The Kier molecular flexibility index (Phi) is 7.30. The lowest BCUT2D eigenvalue weighted by Gasteiger charge is -2.35. The summed E-state index contributed by atoms with van der Waals surface area (Å²) in [6.45, 7) is 4.14. The SMILES string of the molecule is O=C(NCCOc1ccccc1)NCC1CCN([C@@H]2CCSC2)CC1. The van der Waals surface area contributed by atoms with Gasteiger partial charge in [0.25, 0.3) is 0 Å². The predicted molar refractivity (Wildman–Crippen MR) is 103 cm³/mol. The number of hydrogen-bond donors (Lipinski definition) is 2. The zero-order chi connectivity index (χ0) is 17.3. The van der Waals surface area contributed by atoms with Crippen LogP contribution in [0.15, 0.2) is 30.3 Å². The molecule has 2 aliphatic heterocycles. The molecule has 3 rings (SSSR count). The van der Waals surface area contributed by atoms with Crippen LogP contribution in [0, 0.1) is 5.92 Å². The molecule has 0 unspecified atom stereocenters. The molecule has 2 heterocycles. The van der Waals surface area contributed by atoms with Crippen LogP contribution in [0.25, 0.3) is 0 Å². The molecular formula is C19H29N3O2S. The minimum atomic E-state index is -0.0914. The lowest BCUT2D eigenvalue weighted by molar-refractivity contribution is 0.143. The van der Waals surface area contributed by atoms with E-state index in [4.69, 9.17) is 4.74 Å². The van der Waals surface area contributed by atoms with Crippen LogP contribution in [0.1, 0.15) is 19.3 Å². The smallest absolute Gasteiger partial charge is 0.314 e. The summed E-state index contributed by atoms with van der Waals surface area (Å²) < 4.78 is 5.56. The van der Waals surface area contributed by atoms with Crippen molar-refractivity contribution >= 4 is 17.8 Å². The Morgan fingerprint density at radius 1 is 1.16 bits per heavy atom. The molecule has 2 saturated heterocycles. The number of likely N-dealkylation sites (tertiary alicyclic amines) is 1. The molecule has 2 N–H and O–H groups in total. The standard InChI is InChI=1S/C19H29N3O2S/c23-19(20-9-12-24-18-4-2-1-3-5-18)21-14-16-6-10-22(11-7-16)17-8-13-25-15-17/h1-5,16-17H,6-15H2,(H2,20,21,23)/t17-/m1/s1. The van der Waals surface area contributed by atoms with E-state index in [-0.39, 0.29) is 6.03 Å². The zero-order valence-electron chi connectivity index (χ0n) is 14.8. The van der Waals surface area contributed by atoms with Crippen molar-refractivity contribution in [3.63, 3.8) is 0 Å². The highest BCUT2D eigenvalue weighted by Crippen LogP contribution is 2.26. The number of nitrogens with one attached hydrogen (secondary N) is 2. The number of para-hydroxylation sites is 1. The number of benzene rings is 1. The molecule has 6 heteroatoms. The van der Waals surface area contributed by atoms with Crippen molar-refractivity contribution in [2.45, 2.75) is 25.3 Å². The molecule has 0 spiro atoms. The normalized spacial score (nSPS) is 21.8. The Balaban J connectivity index is 1.23. The number of carbonyl (C=O) groups excluding carboxylic acids is 1. The lowest BCUT2D eigenvalue weighted by atomic mass is 9.95. The van der Waals surface area contributed by atoms with E-state index in [0.717, 1.165) is 18.3 Å². The van der Waals surface area contributed by atoms with E-state index < -0.39 is 0 Å². The molecule has 1 aromatic rings. The van der Waals surface area contributed by atoms with Gasteiger partial charge in [-0.15, -0.1) is 0 Å². The molecule has 1 atom stereocenters. The van der Waals surface area contributed by atoms with Gasteiger partial charge in [-0.05, 0) is 56.2 Å². The van der Waals surface area contributed by atoms with Crippen LogP contribution < -0.4 is 15.4 Å². The van der Waals surface area contributed by atoms with Crippen molar-refractivity contribution in [1.82, 2.24) is 15.5 Å². The van der Waals surface area contributed by atoms with Crippen LogP contribution in [-0.2, 0) is 0 Å². The first-order chi connectivity index (χ1) is 12.3. The molecule has 25 heavy (non-hydrogen) atoms. The van der Waals surface area contributed by atoms with Crippen LogP contribution in [0.5, 0.6) is 5.75 Å². The molecule has 2 amide bonds. The van der Waals surface area contributed by atoms with Gasteiger partial charge in [-0.2, -0.15) is 11.8 Å². The minimum absolute atomic E-state index is 0.0914. The molecule has 0 radical (unpaired) electrons. The van der Waals surface area contributed by atoms with Crippen molar-refractivity contribution in [1.29, 1.82) is 0 Å². The summed E-state index contributed by atoms with van der Waals surface area (Å²) in [6.07, 6.45) is 3.73. The number of nitrogens with zero attached hydrogens (tertiary/aromatic N) is 1. The van der Waals surface area contributed by atoms with Gasteiger partial charge in [-0.3, -0.25) is 4.90 Å². The third kappa shape index (κ3) is 6.12. The Labute approximate surface area is 154 Å². The Morgan fingerprint density at radius 3 is 2.68 bits per heavy atom. The van der Waals surface area contributed by atoms with Crippen LogP contribution >= 0.6 is 11.8 Å². The monoisotopic (exact) mass is 363 g/mol. The quantitative estimate of drug-likeness (QED) is 0.731. The fourth-order valence-electron chi connectivity index (χ4n) is 3.48. The summed E-state index contributed by atoms with van der Waals surface area (Å²) in [5, 5.41) is 5.86. The average molecular weight is 364 g/mol. The van der Waals surface area contributed by atoms with Crippen LogP contribution in [0.3, 0.4) is 0 Å². The second-order valence-corrected chi connectivity index (χ2v) is 7.94. The largest absolute Gasteiger partial charge is 0.492 e. The van der Waals surface area contributed by atoms with Crippen molar-refractivity contribution < 1.29 is 9.53 Å². The minimum Gasteiger partial charge on any atom is -0.492 e. The van der Waals surface area contributed by atoms with E-state index in [1.165, 1.54) is 43.9 Å². The summed E-state index contributed by atoms with van der Waals surface area (Å²) in [5.74, 6) is 4.06. The van der Waals surface area contributed by atoms with Crippen molar-refractivity contribution in [2.75, 3.05) is 44.3 Å². The van der Waals surface area contributed by atoms with Crippen molar-refractivity contribution in [3.05, 3.63) is 30.3 Å². The number of urea groups is 1. The van der Waals surface area contributed by atoms with Crippen LogP contribution in [-0.4, -0.2) is 61.3 Å². The molecule has 0 saturated carbocycles. The topological polar surface area (TPSA) is 53.6 Å². The van der Waals surface area contributed by atoms with Gasteiger partial charge in [0.15, 0.2) is 0 Å². The van der Waals surface area contributed by atoms with Gasteiger partial charge in [0.1, 0.15) is 12.4 Å². The summed E-state index contributed by atoms with van der Waals surface area (Å²) in [6, 6.07) is 10.4. The fraction of sp³-hybridized carbons (Fsp3) is 0.632. The third-order valence-electron chi connectivity index (χ3n) is 5.02. The van der Waals surface area contributed by atoms with Gasteiger partial charge in [-0.25, -0.2) is 4.79 Å². The van der Waals surface area contributed by atoms with Gasteiger partial charge >= 0.3 is 6.03 Å². The van der Waals surface area contributed by atoms with Gasteiger partial charge in [-0.1, -0.05) is 18.2 Å². The molecule has 138 valence electrons. The van der Waals surface area contributed by atoms with Gasteiger partial charge in [0, 0.05) is 18.3 Å². The number of amides is 2. The number of piperidine rings is 1. The first kappa shape index (κ1) is 18.4. The molecule has 0 aliphatic carbocycles. The molecule has 2 aliphatic rings. The maximum Gasteiger partial charge on any atom is 0.314 e. The fourth-order valence-corrected chi connectivity index (χ4v) is 4.74. The summed E-state index contributed by atoms with van der Waals surface area (Å²) >= 11 is 2.08. The zero-order valence-corrected chi connectivity index (χ0v) is 15.6. The van der Waals surface area contributed by atoms with E-state index in [2.05, 4.69) is 27.3 Å². The predicted octanol–water partition coefficient (Wildman–Crippen LogP) is 2.58. The lowest BCUT2D eigenvalue weighted by Crippen LogP contribution is -2.45. The van der Waals surface area contributed by atoms with E-state index in [1.807, 2.05) is 30.3 Å². The van der Waals surface area contributed by atoms with Crippen molar-refractivity contribution in [2.24, 2.45) is 5.92 Å². The third-order valence-corrected chi connectivity index (χ3v) is 6.17. The first-order valence-corrected chi connectivity index (χ1v) is 10.5. The Bertz CT molecular complexity index is 515. The number of hydrogen-bond acceptors (Lipinski definition) is 4. The highest BCUT2D eigenvalue weighted by atomic mass is 32.2. The van der Waals surface area contributed by atoms with E-state index in [9.17, 15) is 4.79 Å². The number of ether oxygens (including phenoxy) is 1. The number of thioether (sulfide) groups is 1. The second-order valence-electron chi connectivity index (χ2n) is 6.80. The molecule has 0 aromatic heterocycles. The van der Waals surface area contributed by atoms with E-state index >= 15 is 0 Å². The number of rotatable bonds is 7. The summed E-state index contributed by atoms with van der Waals surface area (Å²) in [5.41, 5.74) is 0. The summed E-state index contributed by atoms with van der Waals surface area (Å²) in [7, 11) is 0. The van der Waals surface area contributed by atoms with Crippen LogP contribution in [0.4, 0.5) is 4.79 Å². The maximum absolute atomic E-state index is 11.9. The highest BCUT2D eigenvalue weighted by molar-refractivity contribution is 7.99. The first-order valence-electron chi connectivity index (χ1n) is 9.32. The summed E-state index contributed by atoms with van der Waals surface area (Å²) in [4.78, 5) is 14.5. The Morgan fingerprint density at radius 2 is 1.96 bits per heavy atom. The van der Waals surface area contributed by atoms with Crippen LogP contribution in [0.2, 0.25) is 0 Å². The molecule has 0 bridgehead atoms.